The van der Waals surface area contributed by atoms with Crippen molar-refractivity contribution in [3.63, 3.8) is 0 Å². The Bertz CT molecular complexity index is 1160. The summed E-state index contributed by atoms with van der Waals surface area (Å²) in [5.74, 6) is -0.242. The van der Waals surface area contributed by atoms with Gasteiger partial charge in [-0.05, 0) is 48.4 Å². The maximum absolute atomic E-state index is 12.3. The molecule has 3 rings (SSSR count). The minimum atomic E-state index is -4.37. The zero-order valence-electron chi connectivity index (χ0n) is 16.7. The van der Waals surface area contributed by atoms with Crippen LogP contribution in [0.15, 0.2) is 71.6 Å². The van der Waals surface area contributed by atoms with E-state index < -0.39 is 26.5 Å². The summed E-state index contributed by atoms with van der Waals surface area (Å²) in [5, 5.41) is 17.9. The number of nitrogens with one attached hydrogen (secondary N) is 1. The maximum atomic E-state index is 12.3. The van der Waals surface area contributed by atoms with Crippen molar-refractivity contribution >= 4 is 21.7 Å². The topological polar surface area (TPSA) is 128 Å². The molecule has 0 bridgehead atoms. The first kappa shape index (κ1) is 22.1. The first-order valence-corrected chi connectivity index (χ1v) is 10.9. The first-order chi connectivity index (χ1) is 14.8. The first-order valence-electron chi connectivity index (χ1n) is 9.32. The number of rotatable bonds is 9. The molecule has 9 heteroatoms. The Morgan fingerprint density at radius 3 is 2.23 bits per heavy atom. The molecular weight excluding hydrogens is 420 g/mol. The van der Waals surface area contributed by atoms with Gasteiger partial charge in [0.2, 0.25) is 10.0 Å². The Morgan fingerprint density at radius 1 is 1.00 bits per heavy atom. The number of anilines is 1. The molecular formula is C22H22N2O6S. The van der Waals surface area contributed by atoms with Gasteiger partial charge in [-0.25, -0.2) is 18.4 Å². The summed E-state index contributed by atoms with van der Waals surface area (Å²) >= 11 is 0. The highest BCUT2D eigenvalue weighted by molar-refractivity contribution is 7.89. The highest BCUT2D eigenvalue weighted by Crippen LogP contribution is 2.37. The summed E-state index contributed by atoms with van der Waals surface area (Å²) in [6.07, 6.45) is 0.574. The maximum Gasteiger partial charge on any atom is 0.337 e. The number of primary sulfonamides is 1. The van der Waals surface area contributed by atoms with Crippen molar-refractivity contribution in [3.8, 4) is 17.2 Å². The molecule has 0 aliphatic rings. The molecule has 0 unspecified atom stereocenters. The number of hydrogen-bond donors (Lipinski definition) is 3. The quantitative estimate of drug-likeness (QED) is 0.463. The van der Waals surface area contributed by atoms with Crippen molar-refractivity contribution in [2.75, 3.05) is 19.0 Å². The van der Waals surface area contributed by atoms with Crippen LogP contribution in [0.2, 0.25) is 0 Å². The molecule has 0 saturated carbocycles. The third kappa shape index (κ3) is 5.53. The Morgan fingerprint density at radius 2 is 1.65 bits per heavy atom. The Hall–Kier alpha value is -3.56. The van der Waals surface area contributed by atoms with Gasteiger partial charge in [0.25, 0.3) is 0 Å². The third-order valence-corrected chi connectivity index (χ3v) is 5.47. The van der Waals surface area contributed by atoms with Crippen molar-refractivity contribution in [2.45, 2.75) is 11.3 Å². The van der Waals surface area contributed by atoms with Crippen molar-refractivity contribution in [1.29, 1.82) is 0 Å². The van der Waals surface area contributed by atoms with E-state index in [0.717, 1.165) is 11.6 Å². The number of hydrogen-bond acceptors (Lipinski definition) is 6. The smallest absolute Gasteiger partial charge is 0.337 e. The lowest BCUT2D eigenvalue weighted by molar-refractivity contribution is 0.0692. The number of ether oxygens (including phenoxy) is 2. The normalized spacial score (nSPS) is 11.0. The molecule has 0 aliphatic heterocycles. The fraction of sp³-hybridized carbons (Fsp3) is 0.136. The Labute approximate surface area is 180 Å². The second-order valence-electron chi connectivity index (χ2n) is 6.61. The van der Waals surface area contributed by atoms with E-state index >= 15 is 0 Å². The summed E-state index contributed by atoms with van der Waals surface area (Å²) in [6, 6.07) is 18.8. The fourth-order valence-electron chi connectivity index (χ4n) is 3.03. The van der Waals surface area contributed by atoms with Gasteiger partial charge in [0.15, 0.2) is 5.75 Å². The van der Waals surface area contributed by atoms with Crippen molar-refractivity contribution < 1.29 is 27.8 Å². The number of carbonyl (C=O) groups is 1. The standard InChI is InChI=1S/C22H22N2O6S/c1-29-16-7-9-17(10-8-16)30-19-12-11-18(22(25)26)21(31(23,27)28)20(19)24-14-13-15-5-3-2-4-6-15/h2-12,24H,13-14H2,1H3,(H,25,26)(H2,23,27,28). The van der Waals surface area contributed by atoms with Crippen LogP contribution in [-0.2, 0) is 16.4 Å². The molecule has 0 aliphatic carbocycles. The van der Waals surface area contributed by atoms with Gasteiger partial charge >= 0.3 is 5.97 Å². The number of nitrogens with two attached hydrogens (primary N) is 1. The van der Waals surface area contributed by atoms with Crippen molar-refractivity contribution in [2.24, 2.45) is 5.14 Å². The highest BCUT2D eigenvalue weighted by atomic mass is 32.2. The monoisotopic (exact) mass is 442 g/mol. The van der Waals surface area contributed by atoms with E-state index in [-0.39, 0.29) is 11.4 Å². The molecule has 0 spiro atoms. The molecule has 0 aromatic heterocycles. The molecule has 0 fully saturated rings. The molecule has 0 radical (unpaired) electrons. The predicted octanol–water partition coefficient (Wildman–Crippen LogP) is 3.49. The van der Waals surface area contributed by atoms with E-state index in [0.29, 0.717) is 24.5 Å². The second kappa shape index (κ2) is 9.50. The molecule has 0 saturated heterocycles. The van der Waals surface area contributed by atoms with E-state index in [1.165, 1.54) is 13.2 Å². The van der Waals surface area contributed by atoms with Gasteiger partial charge in [0.1, 0.15) is 16.4 Å². The van der Waals surface area contributed by atoms with Gasteiger partial charge in [0, 0.05) is 6.54 Å². The van der Waals surface area contributed by atoms with Crippen molar-refractivity contribution in [3.05, 3.63) is 77.9 Å². The molecule has 4 N–H and O–H groups in total. The number of benzene rings is 3. The van der Waals surface area contributed by atoms with Gasteiger partial charge in [-0.3, -0.25) is 0 Å². The van der Waals surface area contributed by atoms with Crippen LogP contribution in [-0.4, -0.2) is 33.1 Å². The minimum Gasteiger partial charge on any atom is -0.497 e. The van der Waals surface area contributed by atoms with E-state index in [4.69, 9.17) is 14.6 Å². The molecule has 162 valence electrons. The van der Waals surface area contributed by atoms with Gasteiger partial charge in [-0.2, -0.15) is 0 Å². The lowest BCUT2D eigenvalue weighted by Gasteiger charge is -2.18. The molecule has 0 atom stereocenters. The van der Waals surface area contributed by atoms with Crippen molar-refractivity contribution in [1.82, 2.24) is 0 Å². The molecule has 3 aromatic carbocycles. The van der Waals surface area contributed by atoms with Crippen LogP contribution in [0.5, 0.6) is 17.2 Å². The summed E-state index contributed by atoms with van der Waals surface area (Å²) in [7, 11) is -2.84. The molecule has 3 aromatic rings. The zero-order valence-corrected chi connectivity index (χ0v) is 17.6. The lowest BCUT2D eigenvalue weighted by Crippen LogP contribution is -2.20. The Kier molecular flexibility index (Phi) is 6.78. The van der Waals surface area contributed by atoms with Gasteiger partial charge in [-0.15, -0.1) is 0 Å². The SMILES string of the molecule is COc1ccc(Oc2ccc(C(=O)O)c(S(N)(=O)=O)c2NCCc2ccccc2)cc1. The van der Waals surface area contributed by atoms with Crippen LogP contribution in [0.1, 0.15) is 15.9 Å². The van der Waals surface area contributed by atoms with E-state index in [2.05, 4.69) is 5.32 Å². The molecule has 8 nitrogen and oxygen atoms in total. The van der Waals surface area contributed by atoms with Crippen LogP contribution in [0.3, 0.4) is 0 Å². The van der Waals surface area contributed by atoms with Gasteiger partial charge in [-0.1, -0.05) is 30.3 Å². The largest absolute Gasteiger partial charge is 0.497 e. The summed E-state index contributed by atoms with van der Waals surface area (Å²) in [6.45, 7) is 0.328. The number of aromatic carboxylic acids is 1. The number of methoxy groups -OCH3 is 1. The predicted molar refractivity (Wildman–Crippen MR) is 116 cm³/mol. The summed E-state index contributed by atoms with van der Waals surface area (Å²) < 4.78 is 35.6. The fourth-order valence-corrected chi connectivity index (χ4v) is 3.95. The third-order valence-electron chi connectivity index (χ3n) is 4.48. The summed E-state index contributed by atoms with van der Waals surface area (Å²) in [4.78, 5) is 11.1. The number of sulfonamides is 1. The van der Waals surface area contributed by atoms with Crippen LogP contribution >= 0.6 is 0 Å². The van der Waals surface area contributed by atoms with Gasteiger partial charge < -0.3 is 19.9 Å². The lowest BCUT2D eigenvalue weighted by atomic mass is 10.1. The van der Waals surface area contributed by atoms with Gasteiger partial charge in [0.05, 0.1) is 18.4 Å². The van der Waals surface area contributed by atoms with Crippen LogP contribution < -0.4 is 19.9 Å². The minimum absolute atomic E-state index is 0.00542. The number of carboxylic acid groups (broad SMARTS) is 1. The molecule has 0 heterocycles. The highest BCUT2D eigenvalue weighted by Gasteiger charge is 2.26. The van der Waals surface area contributed by atoms with Crippen LogP contribution in [0.25, 0.3) is 0 Å². The van der Waals surface area contributed by atoms with E-state index in [9.17, 15) is 18.3 Å². The zero-order chi connectivity index (χ0) is 22.4. The van der Waals surface area contributed by atoms with E-state index in [1.54, 1.807) is 24.3 Å². The molecule has 0 amide bonds. The van der Waals surface area contributed by atoms with Crippen LogP contribution in [0, 0.1) is 0 Å². The average molecular weight is 442 g/mol. The summed E-state index contributed by atoms with van der Waals surface area (Å²) in [5.41, 5.74) is 0.583. The Balaban J connectivity index is 2.00. The number of carboxylic acids is 1. The average Bonchev–Trinajstić information content (AvgIpc) is 2.74. The molecule has 31 heavy (non-hydrogen) atoms. The van der Waals surface area contributed by atoms with E-state index in [1.807, 2.05) is 30.3 Å². The van der Waals surface area contributed by atoms with Crippen LogP contribution in [0.4, 0.5) is 5.69 Å². The second-order valence-corrected chi connectivity index (χ2v) is 8.10.